The van der Waals surface area contributed by atoms with Crippen LogP contribution in [0.15, 0.2) is 58.8 Å². The molecule has 2 rings (SSSR count). The maximum Gasteiger partial charge on any atom is 0.144 e. The standard InChI is InChI=1S/C16H18N2O2S2/c1-3-21-22-12-20-16-10-6-14(7-11-16)18-17-13-4-8-15(19-2)9-5-13/h4-11H,3,12H2,1-2H3/b18-17+. The van der Waals surface area contributed by atoms with Crippen LogP contribution in [-0.4, -0.2) is 18.8 Å². The Morgan fingerprint density at radius 3 is 1.86 bits per heavy atom. The SMILES string of the molecule is CCSSCOc1ccc(/N=N/c2ccc(OC)cc2)cc1. The van der Waals surface area contributed by atoms with E-state index in [4.69, 9.17) is 9.47 Å². The summed E-state index contributed by atoms with van der Waals surface area (Å²) in [5, 5.41) is 8.39. The molecular weight excluding hydrogens is 316 g/mol. The van der Waals surface area contributed by atoms with Gasteiger partial charge in [-0.25, -0.2) is 0 Å². The number of azo groups is 1. The number of ether oxygens (including phenoxy) is 2. The van der Waals surface area contributed by atoms with Gasteiger partial charge in [-0.2, -0.15) is 10.2 Å². The highest BCUT2D eigenvalue weighted by molar-refractivity contribution is 8.76. The molecule has 0 aliphatic heterocycles. The third-order valence-electron chi connectivity index (χ3n) is 2.66. The lowest BCUT2D eigenvalue weighted by Gasteiger charge is -2.04. The number of benzene rings is 2. The number of methoxy groups -OCH3 is 1. The Labute approximate surface area is 138 Å². The van der Waals surface area contributed by atoms with E-state index in [0.717, 1.165) is 28.6 Å². The van der Waals surface area contributed by atoms with Gasteiger partial charge in [0.05, 0.1) is 18.5 Å². The minimum Gasteiger partial charge on any atom is -0.497 e. The molecule has 0 heterocycles. The molecule has 116 valence electrons. The minimum absolute atomic E-state index is 0.644. The number of nitrogens with zero attached hydrogens (tertiary/aromatic N) is 2. The minimum atomic E-state index is 0.644. The maximum absolute atomic E-state index is 5.61. The van der Waals surface area contributed by atoms with Crippen LogP contribution >= 0.6 is 21.6 Å². The molecule has 2 aromatic rings. The second kappa shape index (κ2) is 9.38. The number of rotatable bonds is 8. The summed E-state index contributed by atoms with van der Waals surface area (Å²) < 4.78 is 10.7. The molecule has 0 amide bonds. The van der Waals surface area contributed by atoms with Gasteiger partial charge in [-0.1, -0.05) is 28.5 Å². The van der Waals surface area contributed by atoms with Crippen LogP contribution in [0.1, 0.15) is 6.92 Å². The van der Waals surface area contributed by atoms with E-state index < -0.39 is 0 Å². The quantitative estimate of drug-likeness (QED) is 0.263. The van der Waals surface area contributed by atoms with E-state index in [2.05, 4.69) is 17.2 Å². The fraction of sp³-hybridized carbons (Fsp3) is 0.250. The zero-order chi connectivity index (χ0) is 15.6. The average molecular weight is 334 g/mol. The Morgan fingerprint density at radius 2 is 1.36 bits per heavy atom. The van der Waals surface area contributed by atoms with Crippen molar-refractivity contribution >= 4 is 33.0 Å². The van der Waals surface area contributed by atoms with Crippen LogP contribution in [0.5, 0.6) is 11.5 Å². The highest BCUT2D eigenvalue weighted by Crippen LogP contribution is 2.25. The lowest BCUT2D eigenvalue weighted by atomic mass is 10.3. The van der Waals surface area contributed by atoms with Gasteiger partial charge in [-0.15, -0.1) is 0 Å². The molecule has 0 fully saturated rings. The van der Waals surface area contributed by atoms with Gasteiger partial charge in [0, 0.05) is 5.75 Å². The Kier molecular flexibility index (Phi) is 7.12. The summed E-state index contributed by atoms with van der Waals surface area (Å²) >= 11 is 0. The summed E-state index contributed by atoms with van der Waals surface area (Å²) in [7, 11) is 5.13. The smallest absolute Gasteiger partial charge is 0.144 e. The van der Waals surface area contributed by atoms with Crippen molar-refractivity contribution in [1.82, 2.24) is 0 Å². The summed E-state index contributed by atoms with van der Waals surface area (Å²) in [5.41, 5.74) is 1.58. The van der Waals surface area contributed by atoms with E-state index in [-0.39, 0.29) is 0 Å². The molecule has 22 heavy (non-hydrogen) atoms. The molecule has 6 heteroatoms. The second-order valence-corrected chi connectivity index (χ2v) is 6.88. The van der Waals surface area contributed by atoms with Crippen molar-refractivity contribution in [3.8, 4) is 11.5 Å². The predicted octanol–water partition coefficient (Wildman–Crippen LogP) is 5.85. The molecule has 0 aromatic heterocycles. The van der Waals surface area contributed by atoms with E-state index in [0.29, 0.717) is 5.94 Å². The third kappa shape index (κ3) is 5.61. The Hall–Kier alpha value is -1.66. The first-order chi connectivity index (χ1) is 10.8. The largest absolute Gasteiger partial charge is 0.497 e. The van der Waals surface area contributed by atoms with Crippen molar-refractivity contribution in [3.05, 3.63) is 48.5 Å². The predicted molar refractivity (Wildman–Crippen MR) is 94.8 cm³/mol. The molecule has 4 nitrogen and oxygen atoms in total. The van der Waals surface area contributed by atoms with Crippen LogP contribution in [-0.2, 0) is 0 Å². The Bertz CT molecular complexity index is 586. The zero-order valence-corrected chi connectivity index (χ0v) is 14.2. The summed E-state index contributed by atoms with van der Waals surface area (Å²) in [6.45, 7) is 2.13. The zero-order valence-electron chi connectivity index (χ0n) is 12.6. The van der Waals surface area contributed by atoms with Crippen LogP contribution in [0.3, 0.4) is 0 Å². The van der Waals surface area contributed by atoms with E-state index >= 15 is 0 Å². The molecule has 0 aliphatic carbocycles. The van der Waals surface area contributed by atoms with Crippen LogP contribution in [0.2, 0.25) is 0 Å². The summed E-state index contributed by atoms with van der Waals surface area (Å²) in [4.78, 5) is 0. The second-order valence-electron chi connectivity index (χ2n) is 4.18. The molecule has 0 unspecified atom stereocenters. The van der Waals surface area contributed by atoms with E-state index in [9.17, 15) is 0 Å². The number of hydrogen-bond donors (Lipinski definition) is 0. The first kappa shape index (κ1) is 16.7. The van der Waals surface area contributed by atoms with Gasteiger partial charge < -0.3 is 9.47 Å². The normalized spacial score (nSPS) is 10.8. The molecule has 0 aliphatic rings. The Morgan fingerprint density at radius 1 is 0.818 bits per heavy atom. The first-order valence-electron chi connectivity index (χ1n) is 6.85. The van der Waals surface area contributed by atoms with Crippen molar-refractivity contribution in [2.45, 2.75) is 6.92 Å². The Balaban J connectivity index is 1.88. The lowest BCUT2D eigenvalue weighted by Crippen LogP contribution is -1.90. The maximum atomic E-state index is 5.61. The molecule has 0 N–H and O–H groups in total. The van der Waals surface area contributed by atoms with Crippen molar-refractivity contribution < 1.29 is 9.47 Å². The first-order valence-corrected chi connectivity index (χ1v) is 9.33. The van der Waals surface area contributed by atoms with Crippen molar-refractivity contribution in [3.63, 3.8) is 0 Å². The summed E-state index contributed by atoms with van der Waals surface area (Å²) in [5.74, 6) is 3.37. The molecule has 0 atom stereocenters. The van der Waals surface area contributed by atoms with Crippen molar-refractivity contribution in [2.24, 2.45) is 10.2 Å². The van der Waals surface area contributed by atoms with Gasteiger partial charge >= 0.3 is 0 Å². The number of hydrogen-bond acceptors (Lipinski definition) is 6. The highest BCUT2D eigenvalue weighted by atomic mass is 33.1. The van der Waals surface area contributed by atoms with E-state index in [1.807, 2.05) is 48.5 Å². The van der Waals surface area contributed by atoms with Crippen LogP contribution < -0.4 is 9.47 Å². The van der Waals surface area contributed by atoms with Gasteiger partial charge in [0.2, 0.25) is 0 Å². The van der Waals surface area contributed by atoms with Gasteiger partial charge in [-0.05, 0) is 48.5 Å². The van der Waals surface area contributed by atoms with Crippen LogP contribution in [0.25, 0.3) is 0 Å². The van der Waals surface area contributed by atoms with Crippen LogP contribution in [0.4, 0.5) is 11.4 Å². The van der Waals surface area contributed by atoms with Gasteiger partial charge in [0.1, 0.15) is 17.4 Å². The lowest BCUT2D eigenvalue weighted by molar-refractivity contribution is 0.394. The average Bonchev–Trinajstić information content (AvgIpc) is 2.58. The molecule has 0 spiro atoms. The van der Waals surface area contributed by atoms with E-state index in [1.165, 1.54) is 0 Å². The monoisotopic (exact) mass is 334 g/mol. The highest BCUT2D eigenvalue weighted by Gasteiger charge is 1.96. The van der Waals surface area contributed by atoms with Gasteiger partial charge in [0.15, 0.2) is 0 Å². The summed E-state index contributed by atoms with van der Waals surface area (Å²) in [6.07, 6.45) is 0. The van der Waals surface area contributed by atoms with Gasteiger partial charge in [0.25, 0.3) is 0 Å². The third-order valence-corrected chi connectivity index (χ3v) is 4.78. The topological polar surface area (TPSA) is 43.2 Å². The van der Waals surface area contributed by atoms with Crippen LogP contribution in [0, 0.1) is 0 Å². The van der Waals surface area contributed by atoms with Crippen molar-refractivity contribution in [1.29, 1.82) is 0 Å². The van der Waals surface area contributed by atoms with Gasteiger partial charge in [-0.3, -0.25) is 0 Å². The summed E-state index contributed by atoms with van der Waals surface area (Å²) in [6, 6.07) is 15.0. The molecular formula is C16H18N2O2S2. The fourth-order valence-electron chi connectivity index (χ4n) is 1.58. The molecule has 0 saturated heterocycles. The van der Waals surface area contributed by atoms with E-state index in [1.54, 1.807) is 28.7 Å². The molecule has 2 aromatic carbocycles. The fourth-order valence-corrected chi connectivity index (χ4v) is 2.85. The molecule has 0 saturated carbocycles. The molecule has 0 radical (unpaired) electrons. The van der Waals surface area contributed by atoms with Crippen molar-refractivity contribution in [2.75, 3.05) is 18.8 Å². The molecule has 0 bridgehead atoms.